The fourth-order valence-electron chi connectivity index (χ4n) is 9.66. The number of urea groups is 1. The van der Waals surface area contributed by atoms with Crippen LogP contribution in [0, 0.1) is 5.41 Å². The van der Waals surface area contributed by atoms with Crippen LogP contribution in [0.4, 0.5) is 29.3 Å². The molecule has 2 aromatic carbocycles. The maximum atomic E-state index is 13.7. The Kier molecular flexibility index (Phi) is 12.7. The Balaban J connectivity index is 0.786. The van der Waals surface area contributed by atoms with Gasteiger partial charge in [0.15, 0.2) is 0 Å². The van der Waals surface area contributed by atoms with Crippen LogP contribution < -0.4 is 20.3 Å². The van der Waals surface area contributed by atoms with Crippen LogP contribution in [-0.4, -0.2) is 124 Å². The van der Waals surface area contributed by atoms with Gasteiger partial charge in [-0.1, -0.05) is 6.07 Å². The SMILES string of the molecule is COc1ccc(C(=O)N2CCC3(CCN(CCCN4CCC(n5cc6cc(NC(=O)c7cccc(C(F)(F)F)n7)c(C(C)(C)O)cc6n5)CC4)CC3)CC2)cc1N1CCC(=O)NC1=O. The van der Waals surface area contributed by atoms with Crippen LogP contribution in [0.25, 0.3) is 10.9 Å². The van der Waals surface area contributed by atoms with Crippen LogP contribution in [-0.2, 0) is 16.6 Å². The average Bonchev–Trinajstić information content (AvgIpc) is 3.70. The molecule has 4 aliphatic rings. The molecule has 4 aromatic rings. The quantitative estimate of drug-likeness (QED) is 0.153. The van der Waals surface area contributed by atoms with Gasteiger partial charge in [0.25, 0.3) is 11.8 Å². The second-order valence-corrected chi connectivity index (χ2v) is 18.2. The summed E-state index contributed by atoms with van der Waals surface area (Å²) in [6.07, 6.45) is 4.48. The number of alkyl halides is 3. The van der Waals surface area contributed by atoms with Crippen LogP contribution in [0.5, 0.6) is 5.75 Å². The van der Waals surface area contributed by atoms with Gasteiger partial charge in [0.2, 0.25) is 5.91 Å². The second-order valence-electron chi connectivity index (χ2n) is 18.2. The number of carbonyl (C=O) groups excluding carboxylic acids is 4. The Morgan fingerprint density at radius 2 is 1.61 bits per heavy atom. The van der Waals surface area contributed by atoms with Crippen LogP contribution in [0.15, 0.2) is 54.7 Å². The summed E-state index contributed by atoms with van der Waals surface area (Å²) in [5.41, 5.74) is -0.422. The Bertz CT molecular complexity index is 2390. The van der Waals surface area contributed by atoms with Crippen molar-refractivity contribution in [1.82, 2.24) is 34.8 Å². The predicted molar refractivity (Wildman–Crippen MR) is 233 cm³/mol. The molecular weight excluding hydrogens is 832 g/mol. The average molecular weight is 888 g/mol. The number of nitrogens with one attached hydrogen (secondary N) is 2. The minimum absolute atomic E-state index is 0.0659. The smallest absolute Gasteiger partial charge is 0.433 e. The lowest BCUT2D eigenvalue weighted by Gasteiger charge is -2.47. The Morgan fingerprint density at radius 3 is 2.27 bits per heavy atom. The number of piperidine rings is 3. The summed E-state index contributed by atoms with van der Waals surface area (Å²) in [7, 11) is 1.51. The van der Waals surface area contributed by atoms with Crippen LogP contribution in [0.2, 0.25) is 0 Å². The van der Waals surface area contributed by atoms with Crippen molar-refractivity contribution in [3.8, 4) is 5.75 Å². The lowest BCUT2D eigenvalue weighted by atomic mass is 9.71. The van der Waals surface area contributed by atoms with Gasteiger partial charge in [-0.15, -0.1) is 0 Å². The van der Waals surface area contributed by atoms with Crippen molar-refractivity contribution in [3.05, 3.63) is 77.2 Å². The molecule has 0 saturated carbocycles. The lowest BCUT2D eigenvalue weighted by molar-refractivity contribution is -0.141. The van der Waals surface area contributed by atoms with E-state index in [-0.39, 0.29) is 47.6 Å². The molecule has 0 unspecified atom stereocenters. The number of likely N-dealkylation sites (tertiary alicyclic amines) is 3. The van der Waals surface area contributed by atoms with Crippen molar-refractivity contribution in [2.45, 2.75) is 83.0 Å². The highest BCUT2D eigenvalue weighted by Crippen LogP contribution is 2.42. The fourth-order valence-corrected chi connectivity index (χ4v) is 9.66. The first kappa shape index (κ1) is 45.0. The molecule has 64 heavy (non-hydrogen) atoms. The Labute approximate surface area is 369 Å². The van der Waals surface area contributed by atoms with Gasteiger partial charge >= 0.3 is 12.2 Å². The number of aromatic nitrogens is 3. The molecule has 4 saturated heterocycles. The van der Waals surface area contributed by atoms with Gasteiger partial charge < -0.3 is 29.9 Å². The summed E-state index contributed by atoms with van der Waals surface area (Å²) in [6, 6.07) is 11.4. The van der Waals surface area contributed by atoms with E-state index in [2.05, 4.69) is 25.4 Å². The minimum Gasteiger partial charge on any atom is -0.495 e. The Hall–Kier alpha value is -5.59. The van der Waals surface area contributed by atoms with Gasteiger partial charge in [-0.3, -0.25) is 29.3 Å². The number of amides is 5. The minimum atomic E-state index is -4.69. The first-order valence-electron chi connectivity index (χ1n) is 22.1. The lowest BCUT2D eigenvalue weighted by Crippen LogP contribution is -2.50. The van der Waals surface area contributed by atoms with E-state index in [1.807, 2.05) is 15.8 Å². The molecule has 3 N–H and O–H groups in total. The summed E-state index contributed by atoms with van der Waals surface area (Å²) in [5, 5.41) is 21.6. The fraction of sp³-hybridized carbons (Fsp3) is 0.522. The highest BCUT2D eigenvalue weighted by atomic mass is 19.4. The molecule has 4 fully saturated rings. The highest BCUT2D eigenvalue weighted by Gasteiger charge is 2.39. The molecule has 0 atom stereocenters. The molecule has 15 nitrogen and oxygen atoms in total. The molecular formula is C46H56F3N9O6. The zero-order valence-corrected chi connectivity index (χ0v) is 36.5. The number of hydrogen-bond acceptors (Lipinski definition) is 10. The number of aliphatic hydroxyl groups is 1. The number of hydrogen-bond donors (Lipinski definition) is 3. The van der Waals surface area contributed by atoms with Gasteiger partial charge in [-0.05, 0) is 133 Å². The van der Waals surface area contributed by atoms with E-state index >= 15 is 0 Å². The van der Waals surface area contributed by atoms with Crippen molar-refractivity contribution in [2.24, 2.45) is 5.41 Å². The maximum Gasteiger partial charge on any atom is 0.433 e. The maximum absolute atomic E-state index is 13.7. The van der Waals surface area contributed by atoms with Gasteiger partial charge in [-0.25, -0.2) is 9.78 Å². The highest BCUT2D eigenvalue weighted by molar-refractivity contribution is 6.07. The molecule has 4 aliphatic heterocycles. The molecule has 0 aliphatic carbocycles. The van der Waals surface area contributed by atoms with E-state index in [0.29, 0.717) is 41.2 Å². The number of imide groups is 1. The van der Waals surface area contributed by atoms with Gasteiger partial charge in [-0.2, -0.15) is 18.3 Å². The van der Waals surface area contributed by atoms with Gasteiger partial charge in [0.1, 0.15) is 17.1 Å². The number of methoxy groups -OCH3 is 1. The van der Waals surface area contributed by atoms with E-state index in [1.165, 1.54) is 18.1 Å². The molecule has 8 rings (SSSR count). The standard InChI is InChI=1S/C46H56F3N9O6/c1-44(2,63)33-28-35-31(26-36(33)51-41(60)34-6-4-7-39(50-34)46(47,48)49)29-58(53-35)32-10-19-54(20-11-32)17-5-18-55-22-13-45(14-23-55)15-24-56(25-16-45)42(61)30-8-9-38(64-3)37(27-30)57-21-12-40(59)52-43(57)62/h4,6-9,26-29,32,63H,5,10-25H2,1-3H3,(H,51,60)(H,52,59,62). The van der Waals surface area contributed by atoms with Crippen LogP contribution >= 0.6 is 0 Å². The number of benzene rings is 2. The van der Waals surface area contributed by atoms with Crippen molar-refractivity contribution in [3.63, 3.8) is 0 Å². The monoisotopic (exact) mass is 887 g/mol. The van der Waals surface area contributed by atoms with E-state index in [0.717, 1.165) is 102 Å². The molecule has 1 spiro atoms. The molecule has 5 amide bonds. The number of pyridine rings is 1. The zero-order valence-electron chi connectivity index (χ0n) is 36.5. The molecule has 0 bridgehead atoms. The van der Waals surface area contributed by atoms with Crippen LogP contribution in [0.3, 0.4) is 0 Å². The predicted octanol–water partition coefficient (Wildman–Crippen LogP) is 6.43. The number of fused-ring (bicyclic) bond motifs is 1. The molecule has 0 radical (unpaired) electrons. The molecule has 342 valence electrons. The summed E-state index contributed by atoms with van der Waals surface area (Å²) in [5.74, 6) is -0.744. The largest absolute Gasteiger partial charge is 0.495 e. The summed E-state index contributed by atoms with van der Waals surface area (Å²) in [4.78, 5) is 63.0. The normalized spacial score (nSPS) is 19.3. The first-order chi connectivity index (χ1) is 30.5. The summed E-state index contributed by atoms with van der Waals surface area (Å²) >= 11 is 0. The van der Waals surface area contributed by atoms with E-state index in [1.54, 1.807) is 44.2 Å². The number of anilines is 2. The number of rotatable bonds is 11. The zero-order chi connectivity index (χ0) is 45.4. The third-order valence-corrected chi connectivity index (χ3v) is 13.5. The molecule has 6 heterocycles. The van der Waals surface area contributed by atoms with E-state index in [9.17, 15) is 37.5 Å². The Morgan fingerprint density at radius 1 is 0.922 bits per heavy atom. The number of nitrogens with zero attached hydrogens (tertiary/aromatic N) is 7. The van der Waals surface area contributed by atoms with Crippen molar-refractivity contribution in [1.29, 1.82) is 0 Å². The summed E-state index contributed by atoms with van der Waals surface area (Å²) in [6.45, 7) is 10.8. The van der Waals surface area contributed by atoms with Crippen molar-refractivity contribution >= 4 is 46.0 Å². The second kappa shape index (κ2) is 18.1. The third-order valence-electron chi connectivity index (χ3n) is 13.5. The topological polar surface area (TPSA) is 165 Å². The molecule has 18 heteroatoms. The van der Waals surface area contributed by atoms with Gasteiger partial charge in [0, 0.05) is 67.5 Å². The first-order valence-corrected chi connectivity index (χ1v) is 22.1. The summed E-state index contributed by atoms with van der Waals surface area (Å²) < 4.78 is 47.2. The van der Waals surface area contributed by atoms with Gasteiger partial charge in [0.05, 0.1) is 30.0 Å². The number of halogens is 3. The van der Waals surface area contributed by atoms with E-state index in [4.69, 9.17) is 9.84 Å². The van der Waals surface area contributed by atoms with Crippen LogP contribution in [0.1, 0.15) is 103 Å². The number of carbonyl (C=O) groups is 4. The molecule has 2 aromatic heterocycles. The van der Waals surface area contributed by atoms with Crippen molar-refractivity contribution in [2.75, 3.05) is 76.2 Å². The number of ether oxygens (including phenoxy) is 1. The van der Waals surface area contributed by atoms with E-state index < -0.39 is 29.4 Å². The third kappa shape index (κ3) is 9.88. The van der Waals surface area contributed by atoms with Crippen molar-refractivity contribution < 1.29 is 42.2 Å².